The molecule has 0 bridgehead atoms. The molecular weight excluding hydrogens is 414 g/mol. The van der Waals surface area contributed by atoms with Crippen LogP contribution in [-0.4, -0.2) is 46.5 Å². The van der Waals surface area contributed by atoms with Crippen LogP contribution in [0.15, 0.2) is 41.6 Å². The number of fused-ring (bicyclic) bond motifs is 1. The van der Waals surface area contributed by atoms with Gasteiger partial charge in [0.2, 0.25) is 10.0 Å². The topological polar surface area (TPSA) is 97.2 Å². The van der Waals surface area contributed by atoms with E-state index >= 15 is 0 Å². The van der Waals surface area contributed by atoms with Gasteiger partial charge in [-0.3, -0.25) is 4.79 Å². The number of sulfonamides is 1. The monoisotopic (exact) mass is 441 g/mol. The SMILES string of the molecule is Cc1ccc(C(=O)Nc2cnc3c(cnn3C(C)C)c2)cc1S(=O)(=O)N1CCCCC1. The maximum Gasteiger partial charge on any atom is 0.255 e. The zero-order valence-electron chi connectivity index (χ0n) is 18.0. The number of amides is 1. The molecule has 164 valence electrons. The molecule has 3 aromatic rings. The summed E-state index contributed by atoms with van der Waals surface area (Å²) in [6.07, 6.45) is 6.07. The molecule has 0 unspecified atom stereocenters. The zero-order valence-corrected chi connectivity index (χ0v) is 18.8. The summed E-state index contributed by atoms with van der Waals surface area (Å²) >= 11 is 0. The standard InChI is InChI=1S/C22H27N5O3S/c1-15(2)27-21-18(13-24-27)11-19(14-23-21)25-22(28)17-8-7-16(3)20(12-17)31(29,30)26-9-5-4-6-10-26/h7-8,11-15H,4-6,9-10H2,1-3H3,(H,25,28). The number of piperidine rings is 1. The molecule has 8 nitrogen and oxygen atoms in total. The van der Waals surface area contributed by atoms with Crippen molar-refractivity contribution in [1.82, 2.24) is 19.1 Å². The van der Waals surface area contributed by atoms with Gasteiger partial charge in [0.05, 0.1) is 23.0 Å². The Labute approximate surface area is 182 Å². The van der Waals surface area contributed by atoms with Crippen molar-refractivity contribution < 1.29 is 13.2 Å². The molecule has 1 aliphatic rings. The maximum absolute atomic E-state index is 13.1. The van der Waals surface area contributed by atoms with Gasteiger partial charge in [-0.1, -0.05) is 12.5 Å². The molecule has 0 atom stereocenters. The number of hydrogen-bond donors (Lipinski definition) is 1. The number of anilines is 1. The number of hydrogen-bond acceptors (Lipinski definition) is 5. The first kappa shape index (κ1) is 21.5. The predicted octanol–water partition coefficient (Wildman–Crippen LogP) is 3.75. The number of aromatic nitrogens is 3. The average molecular weight is 442 g/mol. The molecule has 3 heterocycles. The number of rotatable bonds is 5. The van der Waals surface area contributed by atoms with E-state index in [4.69, 9.17) is 0 Å². The summed E-state index contributed by atoms with van der Waals surface area (Å²) in [7, 11) is -3.63. The van der Waals surface area contributed by atoms with E-state index in [2.05, 4.69) is 15.4 Å². The molecule has 0 spiro atoms. The van der Waals surface area contributed by atoms with Crippen molar-refractivity contribution in [3.05, 3.63) is 47.8 Å². The van der Waals surface area contributed by atoms with E-state index < -0.39 is 10.0 Å². The number of carbonyl (C=O) groups is 1. The number of carbonyl (C=O) groups excluding carboxylic acids is 1. The van der Waals surface area contributed by atoms with Crippen molar-refractivity contribution in [3.8, 4) is 0 Å². The number of pyridine rings is 1. The molecule has 9 heteroatoms. The molecule has 1 N–H and O–H groups in total. The summed E-state index contributed by atoms with van der Waals surface area (Å²) in [5.74, 6) is -0.382. The lowest BCUT2D eigenvalue weighted by Crippen LogP contribution is -2.36. The lowest BCUT2D eigenvalue weighted by atomic mass is 10.1. The highest BCUT2D eigenvalue weighted by Crippen LogP contribution is 2.25. The molecule has 1 fully saturated rings. The number of benzene rings is 1. The summed E-state index contributed by atoms with van der Waals surface area (Å²) in [6, 6.07) is 6.78. The maximum atomic E-state index is 13.1. The van der Waals surface area contributed by atoms with Gasteiger partial charge in [0.15, 0.2) is 5.65 Å². The Morgan fingerprint density at radius 1 is 1.10 bits per heavy atom. The fraction of sp³-hybridized carbons (Fsp3) is 0.409. The van der Waals surface area contributed by atoms with Crippen LogP contribution in [0.4, 0.5) is 5.69 Å². The fourth-order valence-electron chi connectivity index (χ4n) is 3.85. The van der Waals surface area contributed by atoms with E-state index in [1.165, 1.54) is 10.4 Å². The minimum absolute atomic E-state index is 0.179. The molecule has 1 saturated heterocycles. The minimum Gasteiger partial charge on any atom is -0.321 e. The van der Waals surface area contributed by atoms with Gasteiger partial charge in [-0.15, -0.1) is 0 Å². The van der Waals surface area contributed by atoms with Crippen LogP contribution < -0.4 is 5.32 Å². The molecule has 0 saturated carbocycles. The van der Waals surface area contributed by atoms with Gasteiger partial charge in [0, 0.05) is 30.1 Å². The quantitative estimate of drug-likeness (QED) is 0.650. The Hall–Kier alpha value is -2.78. The summed E-state index contributed by atoms with van der Waals surface area (Å²) in [4.78, 5) is 17.5. The molecule has 1 aliphatic heterocycles. The second-order valence-electron chi connectivity index (χ2n) is 8.22. The number of nitrogens with one attached hydrogen (secondary N) is 1. The van der Waals surface area contributed by atoms with E-state index in [1.807, 2.05) is 24.6 Å². The third kappa shape index (κ3) is 4.20. The van der Waals surface area contributed by atoms with Crippen LogP contribution in [0.3, 0.4) is 0 Å². The van der Waals surface area contributed by atoms with Gasteiger partial charge in [0.25, 0.3) is 5.91 Å². The Morgan fingerprint density at radius 3 is 2.55 bits per heavy atom. The van der Waals surface area contributed by atoms with Crippen LogP contribution in [0, 0.1) is 6.92 Å². The van der Waals surface area contributed by atoms with Crippen molar-refractivity contribution in [3.63, 3.8) is 0 Å². The molecule has 2 aromatic heterocycles. The second kappa shape index (κ2) is 8.39. The summed E-state index contributed by atoms with van der Waals surface area (Å²) in [5, 5.41) is 7.98. The van der Waals surface area contributed by atoms with Gasteiger partial charge >= 0.3 is 0 Å². The molecule has 31 heavy (non-hydrogen) atoms. The zero-order chi connectivity index (χ0) is 22.2. The Balaban J connectivity index is 1.59. The highest BCUT2D eigenvalue weighted by Gasteiger charge is 2.28. The predicted molar refractivity (Wildman–Crippen MR) is 120 cm³/mol. The lowest BCUT2D eigenvalue weighted by Gasteiger charge is -2.26. The molecule has 1 amide bonds. The van der Waals surface area contributed by atoms with Crippen molar-refractivity contribution in [2.45, 2.75) is 51.0 Å². The van der Waals surface area contributed by atoms with Crippen molar-refractivity contribution in [2.24, 2.45) is 0 Å². The first-order valence-corrected chi connectivity index (χ1v) is 12.0. The van der Waals surface area contributed by atoms with Crippen LogP contribution >= 0.6 is 0 Å². The molecular formula is C22H27N5O3S. The molecule has 0 aliphatic carbocycles. The van der Waals surface area contributed by atoms with Crippen LogP contribution in [0.2, 0.25) is 0 Å². The summed E-state index contributed by atoms with van der Waals surface area (Å²) in [5.41, 5.74) is 2.20. The summed E-state index contributed by atoms with van der Waals surface area (Å²) in [6.45, 7) is 6.85. The van der Waals surface area contributed by atoms with Crippen LogP contribution in [0.5, 0.6) is 0 Å². The third-order valence-electron chi connectivity index (χ3n) is 5.56. The Morgan fingerprint density at radius 2 is 1.84 bits per heavy atom. The van der Waals surface area contributed by atoms with Crippen LogP contribution in [-0.2, 0) is 10.0 Å². The number of nitrogens with zero attached hydrogens (tertiary/aromatic N) is 4. The van der Waals surface area contributed by atoms with Gasteiger partial charge in [0.1, 0.15) is 0 Å². The van der Waals surface area contributed by atoms with Gasteiger partial charge in [-0.05, 0) is 57.4 Å². The first-order valence-electron chi connectivity index (χ1n) is 10.5. The molecule has 4 rings (SSSR count). The highest BCUT2D eigenvalue weighted by atomic mass is 32.2. The van der Waals surface area contributed by atoms with Crippen molar-refractivity contribution in [1.29, 1.82) is 0 Å². The van der Waals surface area contributed by atoms with Crippen LogP contribution in [0.25, 0.3) is 11.0 Å². The fourth-order valence-corrected chi connectivity index (χ4v) is 5.62. The van der Waals surface area contributed by atoms with E-state index in [0.29, 0.717) is 29.9 Å². The van der Waals surface area contributed by atoms with E-state index in [-0.39, 0.29) is 16.8 Å². The average Bonchev–Trinajstić information content (AvgIpc) is 3.18. The van der Waals surface area contributed by atoms with E-state index in [1.54, 1.807) is 31.5 Å². The number of aryl methyl sites for hydroxylation is 1. The molecule has 0 radical (unpaired) electrons. The van der Waals surface area contributed by atoms with E-state index in [9.17, 15) is 13.2 Å². The van der Waals surface area contributed by atoms with Crippen molar-refractivity contribution in [2.75, 3.05) is 18.4 Å². The Bertz CT molecular complexity index is 1230. The van der Waals surface area contributed by atoms with Crippen molar-refractivity contribution >= 4 is 32.7 Å². The normalized spacial score (nSPS) is 15.5. The summed E-state index contributed by atoms with van der Waals surface area (Å²) < 4.78 is 29.6. The van der Waals surface area contributed by atoms with Gasteiger partial charge in [-0.2, -0.15) is 9.40 Å². The third-order valence-corrected chi connectivity index (χ3v) is 7.60. The van der Waals surface area contributed by atoms with E-state index in [0.717, 1.165) is 30.3 Å². The Kier molecular flexibility index (Phi) is 5.81. The van der Waals surface area contributed by atoms with Crippen LogP contribution in [0.1, 0.15) is 55.1 Å². The first-order chi connectivity index (χ1) is 14.8. The minimum atomic E-state index is -3.63. The second-order valence-corrected chi connectivity index (χ2v) is 10.1. The van der Waals surface area contributed by atoms with Gasteiger partial charge < -0.3 is 5.32 Å². The van der Waals surface area contributed by atoms with Gasteiger partial charge in [-0.25, -0.2) is 18.1 Å². The lowest BCUT2D eigenvalue weighted by molar-refractivity contribution is 0.102. The largest absolute Gasteiger partial charge is 0.321 e. The molecule has 1 aromatic carbocycles. The highest BCUT2D eigenvalue weighted by molar-refractivity contribution is 7.89. The smallest absolute Gasteiger partial charge is 0.255 e.